The van der Waals surface area contributed by atoms with Crippen molar-refractivity contribution >= 4 is 40.2 Å². The summed E-state index contributed by atoms with van der Waals surface area (Å²) in [7, 11) is 3.12. The van der Waals surface area contributed by atoms with Crippen LogP contribution >= 0.6 is 22.9 Å². The van der Waals surface area contributed by atoms with E-state index < -0.39 is 0 Å². The van der Waals surface area contributed by atoms with E-state index in [1.807, 2.05) is 24.8 Å². The molecule has 0 spiro atoms. The number of anilines is 1. The van der Waals surface area contributed by atoms with Crippen LogP contribution in [-0.2, 0) is 11.2 Å². The van der Waals surface area contributed by atoms with Gasteiger partial charge in [-0.1, -0.05) is 23.2 Å². The number of nitrogens with one attached hydrogen (secondary N) is 1. The Morgan fingerprint density at radius 1 is 1.25 bits per heavy atom. The molecule has 9 heteroatoms. The number of hydrogen-bond acceptors (Lipinski definition) is 5. The van der Waals surface area contributed by atoms with Crippen molar-refractivity contribution in [2.24, 2.45) is 0 Å². The zero-order chi connectivity index (χ0) is 22.8. The quantitative estimate of drug-likeness (QED) is 0.331. The van der Waals surface area contributed by atoms with Crippen LogP contribution in [0, 0.1) is 11.9 Å². The summed E-state index contributed by atoms with van der Waals surface area (Å²) in [6.45, 7) is 3.35. The van der Waals surface area contributed by atoms with Crippen molar-refractivity contribution in [2.75, 3.05) is 19.5 Å². The number of benzene rings is 2. The van der Waals surface area contributed by atoms with E-state index in [0.29, 0.717) is 39.8 Å². The third kappa shape index (κ3) is 7.68. The molecule has 1 heterocycles. The number of methoxy groups -OCH3 is 2. The van der Waals surface area contributed by atoms with Gasteiger partial charge in [-0.05, 0) is 40.9 Å². The Labute approximate surface area is 210 Å². The smallest absolute Gasteiger partial charge is 0.803 e. The third-order valence-corrected chi connectivity index (χ3v) is 4.93. The fourth-order valence-corrected chi connectivity index (χ4v) is 3.32. The SMILES string of the molecule is C[CH-]Cc1cc(OC)c(OC)cc1C(=[N-])c1ccc(NC(C)=O)c(Cl)c1.[Li+].[c-]1nccs1. The zero-order valence-electron chi connectivity index (χ0n) is 18.7. The second-order valence-corrected chi connectivity index (χ2v) is 7.42. The maximum atomic E-state index is 11.2. The van der Waals surface area contributed by atoms with Crippen LogP contribution < -0.4 is 33.7 Å². The Hall–Kier alpha value is -2.30. The molecule has 0 atom stereocenters. The van der Waals surface area contributed by atoms with E-state index in [1.54, 1.807) is 44.7 Å². The van der Waals surface area contributed by atoms with Crippen LogP contribution in [0.3, 0.4) is 0 Å². The molecular weight excluding hydrogens is 441 g/mol. The van der Waals surface area contributed by atoms with Crippen molar-refractivity contribution in [3.8, 4) is 11.5 Å². The molecular formula is C23H23ClLiN3O3S-2. The molecule has 0 aliphatic heterocycles. The van der Waals surface area contributed by atoms with E-state index in [9.17, 15) is 10.2 Å². The first-order valence-electron chi connectivity index (χ1n) is 9.33. The minimum absolute atomic E-state index is 0. The van der Waals surface area contributed by atoms with Crippen LogP contribution in [0.5, 0.6) is 11.5 Å². The predicted octanol–water partition coefficient (Wildman–Crippen LogP) is 2.44. The Balaban J connectivity index is 0.000000750. The number of carbonyl (C=O) groups excluding carboxylic acids is 1. The second kappa shape index (κ2) is 14.0. The van der Waals surface area contributed by atoms with Gasteiger partial charge >= 0.3 is 18.9 Å². The molecule has 32 heavy (non-hydrogen) atoms. The molecule has 6 nitrogen and oxygen atoms in total. The van der Waals surface area contributed by atoms with Crippen LogP contribution in [0.1, 0.15) is 30.5 Å². The number of nitrogens with zero attached hydrogens (tertiary/aromatic N) is 2. The summed E-state index contributed by atoms with van der Waals surface area (Å²) in [4.78, 5) is 14.8. The van der Waals surface area contributed by atoms with Crippen molar-refractivity contribution < 1.29 is 33.1 Å². The molecule has 0 fully saturated rings. The van der Waals surface area contributed by atoms with Crippen LogP contribution in [0.25, 0.3) is 5.41 Å². The molecule has 2 aromatic carbocycles. The summed E-state index contributed by atoms with van der Waals surface area (Å²) < 4.78 is 10.7. The number of hydrogen-bond donors (Lipinski definition) is 1. The van der Waals surface area contributed by atoms with Gasteiger partial charge in [-0.15, -0.1) is 17.3 Å². The van der Waals surface area contributed by atoms with Crippen LogP contribution in [-0.4, -0.2) is 30.8 Å². The Morgan fingerprint density at radius 3 is 2.41 bits per heavy atom. The van der Waals surface area contributed by atoms with Crippen molar-refractivity contribution in [1.82, 2.24) is 4.98 Å². The molecule has 164 valence electrons. The van der Waals surface area contributed by atoms with Gasteiger partial charge in [-0.25, -0.2) is 0 Å². The van der Waals surface area contributed by atoms with Crippen molar-refractivity contribution in [2.45, 2.75) is 20.3 Å². The Kier molecular flexibility index (Phi) is 12.1. The topological polar surface area (TPSA) is 82.8 Å². The number of thiazole rings is 1. The van der Waals surface area contributed by atoms with Gasteiger partial charge in [0.25, 0.3) is 0 Å². The minimum Gasteiger partial charge on any atom is -0.803 e. The van der Waals surface area contributed by atoms with E-state index in [-0.39, 0.29) is 30.5 Å². The first kappa shape index (κ1) is 27.7. The molecule has 3 aromatic rings. The molecule has 0 unspecified atom stereocenters. The van der Waals surface area contributed by atoms with E-state index in [0.717, 1.165) is 5.56 Å². The summed E-state index contributed by atoms with van der Waals surface area (Å²) >= 11 is 7.70. The van der Waals surface area contributed by atoms with Gasteiger partial charge in [0.15, 0.2) is 11.5 Å². The predicted molar refractivity (Wildman–Crippen MR) is 126 cm³/mol. The van der Waals surface area contributed by atoms with E-state index in [1.165, 1.54) is 18.3 Å². The zero-order valence-corrected chi connectivity index (χ0v) is 20.3. The average molecular weight is 464 g/mol. The summed E-state index contributed by atoms with van der Waals surface area (Å²) in [6.07, 6.45) is 4.35. The Bertz CT molecular complexity index is 1010. The van der Waals surface area contributed by atoms with E-state index in [4.69, 9.17) is 21.1 Å². The van der Waals surface area contributed by atoms with Gasteiger partial charge in [0, 0.05) is 6.92 Å². The number of halogens is 1. The van der Waals surface area contributed by atoms with E-state index >= 15 is 0 Å². The summed E-state index contributed by atoms with van der Waals surface area (Å²) in [5, 5.41) is 15.7. The van der Waals surface area contributed by atoms with Gasteiger partial charge < -0.3 is 31.6 Å². The molecule has 0 aliphatic rings. The van der Waals surface area contributed by atoms with Gasteiger partial charge in [-0.2, -0.15) is 13.3 Å². The van der Waals surface area contributed by atoms with E-state index in [2.05, 4.69) is 15.8 Å². The summed E-state index contributed by atoms with van der Waals surface area (Å²) in [5.74, 6) is 0.906. The molecule has 1 aromatic heterocycles. The molecule has 0 bridgehead atoms. The molecule has 0 saturated carbocycles. The Morgan fingerprint density at radius 2 is 1.94 bits per heavy atom. The summed E-state index contributed by atoms with van der Waals surface area (Å²) in [6, 6.07) is 8.54. The van der Waals surface area contributed by atoms with Gasteiger partial charge in [0.2, 0.25) is 5.91 Å². The molecule has 3 rings (SSSR count). The number of aromatic nitrogens is 1. The van der Waals surface area contributed by atoms with Gasteiger partial charge in [-0.3, -0.25) is 16.1 Å². The second-order valence-electron chi connectivity index (χ2n) is 6.32. The van der Waals surface area contributed by atoms with Gasteiger partial charge in [0.05, 0.1) is 24.9 Å². The minimum atomic E-state index is -0.214. The molecule has 0 aliphatic carbocycles. The average Bonchev–Trinajstić information content (AvgIpc) is 3.34. The number of amides is 1. The first-order chi connectivity index (χ1) is 14.9. The number of carbonyl (C=O) groups is 1. The van der Waals surface area contributed by atoms with Crippen molar-refractivity contribution in [1.29, 1.82) is 0 Å². The maximum Gasteiger partial charge on any atom is 1.00 e. The number of ether oxygens (including phenoxy) is 2. The fourth-order valence-electron chi connectivity index (χ4n) is 2.79. The standard InChI is InChI=1S/C20H21ClN2O3.C3H2NS.Li/c1-5-6-13-10-18(25-3)19(26-4)11-15(13)20(22)14-7-8-17(16(21)9-14)23-12(2)24;1-2-5-3-4-1;/h5,7-11H,6H2,1-4H3,(H,23,24);1-2H;/q-2;-1;+1. The number of rotatable bonds is 7. The van der Waals surface area contributed by atoms with Crippen LogP contribution in [0.4, 0.5) is 5.69 Å². The molecule has 1 N–H and O–H groups in total. The molecule has 0 radical (unpaired) electrons. The van der Waals surface area contributed by atoms with Crippen molar-refractivity contribution in [3.63, 3.8) is 0 Å². The van der Waals surface area contributed by atoms with Gasteiger partial charge in [0.1, 0.15) is 0 Å². The van der Waals surface area contributed by atoms with Crippen molar-refractivity contribution in [3.05, 3.63) is 81.0 Å². The largest absolute Gasteiger partial charge is 1.00 e. The normalized spacial score (nSPS) is 9.66. The fraction of sp³-hybridized carbons (Fsp3) is 0.217. The first-order valence-corrected chi connectivity index (χ1v) is 10.6. The summed E-state index contributed by atoms with van der Waals surface area (Å²) in [5.41, 5.74) is 5.27. The monoisotopic (exact) mass is 463 g/mol. The van der Waals surface area contributed by atoms with Crippen LogP contribution in [0.2, 0.25) is 5.02 Å². The maximum absolute atomic E-state index is 11.2. The third-order valence-electron chi connectivity index (χ3n) is 4.15. The molecule has 1 amide bonds. The van der Waals surface area contributed by atoms with Crippen LogP contribution in [0.15, 0.2) is 41.9 Å². The molecule has 0 saturated heterocycles.